The van der Waals surface area contributed by atoms with Gasteiger partial charge in [-0.05, 0) is 52.9 Å². The lowest BCUT2D eigenvalue weighted by Crippen LogP contribution is -2.29. The fourth-order valence-corrected chi connectivity index (χ4v) is 5.06. The second-order valence-corrected chi connectivity index (χ2v) is 10.4. The second kappa shape index (κ2) is 14.8. The molecule has 4 aromatic carbocycles. The maximum Gasteiger partial charge on any atom is 0.324 e. The van der Waals surface area contributed by atoms with Gasteiger partial charge in [0.25, 0.3) is 0 Å². The average Bonchev–Trinajstić information content (AvgIpc) is 2.99. The minimum absolute atomic E-state index is 0.281. The van der Waals surface area contributed by atoms with Crippen molar-refractivity contribution in [3.8, 4) is 0 Å². The Labute approximate surface area is 241 Å². The number of hydrogen-bond donors (Lipinski definition) is 0. The van der Waals surface area contributed by atoms with Gasteiger partial charge in [-0.3, -0.25) is 19.2 Å². The largest absolute Gasteiger partial charge is 0.392 e. The van der Waals surface area contributed by atoms with Crippen LogP contribution in [0.25, 0.3) is 21.5 Å². The van der Waals surface area contributed by atoms with Crippen LogP contribution >= 0.6 is 0 Å². The minimum atomic E-state index is -1.11. The van der Waals surface area contributed by atoms with Gasteiger partial charge in [0, 0.05) is 11.1 Å². The Kier molecular flexibility index (Phi) is 10.7. The van der Waals surface area contributed by atoms with Crippen LogP contribution < -0.4 is 0 Å². The minimum Gasteiger partial charge on any atom is -0.392 e. The fraction of sp³-hybridized carbons (Fsp3) is 0.278. The molecule has 0 saturated carbocycles. The van der Waals surface area contributed by atoms with Gasteiger partial charge in [-0.2, -0.15) is 0 Å². The maximum absolute atomic E-state index is 13.5. The zero-order valence-electron chi connectivity index (χ0n) is 23.3. The second-order valence-electron chi connectivity index (χ2n) is 10.4. The number of carbonyl (C=O) groups is 4. The van der Waals surface area contributed by atoms with Crippen LogP contribution in [0, 0.1) is 5.92 Å². The molecule has 0 fully saturated rings. The lowest BCUT2D eigenvalue weighted by molar-refractivity contribution is -0.160. The number of ketones is 2. The Balaban J connectivity index is 1.41. The van der Waals surface area contributed by atoms with Gasteiger partial charge in [0.15, 0.2) is 11.6 Å². The molecule has 4 aromatic rings. The topological polar surface area (TPSA) is 77.5 Å². The molecule has 0 N–H and O–H groups in total. The molecule has 0 aliphatic heterocycles. The van der Waals surface area contributed by atoms with Crippen molar-refractivity contribution in [3.63, 3.8) is 0 Å². The zero-order chi connectivity index (χ0) is 29.0. The molecule has 0 spiro atoms. The summed E-state index contributed by atoms with van der Waals surface area (Å²) in [6.45, 7) is 3.75. The van der Waals surface area contributed by atoms with Crippen LogP contribution in [0.2, 0.25) is 0 Å². The molecule has 0 amide bonds. The van der Waals surface area contributed by atoms with Crippen molar-refractivity contribution in [2.45, 2.75) is 57.8 Å². The van der Waals surface area contributed by atoms with E-state index < -0.39 is 30.1 Å². The van der Waals surface area contributed by atoms with E-state index >= 15 is 0 Å². The normalized spacial score (nSPS) is 11.7. The van der Waals surface area contributed by atoms with Crippen molar-refractivity contribution in [1.82, 2.24) is 0 Å². The molecule has 5 nitrogen and oxygen atoms in total. The van der Waals surface area contributed by atoms with E-state index in [1.165, 1.54) is 0 Å². The van der Waals surface area contributed by atoms with Crippen molar-refractivity contribution < 1.29 is 23.9 Å². The van der Waals surface area contributed by atoms with Gasteiger partial charge in [0.2, 0.25) is 0 Å². The van der Waals surface area contributed by atoms with Crippen LogP contribution in [0.3, 0.4) is 0 Å². The van der Waals surface area contributed by atoms with Crippen LogP contribution in [0.1, 0.15) is 78.5 Å². The summed E-state index contributed by atoms with van der Waals surface area (Å²) in [5, 5.41) is 3.74. The smallest absolute Gasteiger partial charge is 0.324 e. The molecular formula is C36H36O5. The number of fused-ring (bicyclic) bond motifs is 2. The summed E-state index contributed by atoms with van der Waals surface area (Å²) in [5.74, 6) is -3.78. The first kappa shape index (κ1) is 29.6. The summed E-state index contributed by atoms with van der Waals surface area (Å²) >= 11 is 0. The summed E-state index contributed by atoms with van der Waals surface area (Å²) in [7, 11) is 0. The standard InChI is InChI=1S/C36H36O5/c1-2-3-4-5-6-7-8-9-18-32(35(39)31-22-20-27-15-11-13-17-29(27)24-31)36(40)41-34(38)25-33(37)30-21-19-26-14-10-12-16-28(26)23-30/h2,10-17,19-24,32H,1,3-9,18,25H2. The summed E-state index contributed by atoms with van der Waals surface area (Å²) in [5.41, 5.74) is 0.764. The average molecular weight is 549 g/mol. The molecule has 41 heavy (non-hydrogen) atoms. The first-order chi connectivity index (χ1) is 20.0. The number of Topliss-reactive ketones (excluding diaryl/α,β-unsaturated/α-hetero) is 2. The van der Waals surface area contributed by atoms with E-state index in [1.807, 2.05) is 66.7 Å². The van der Waals surface area contributed by atoms with Crippen molar-refractivity contribution in [2.75, 3.05) is 0 Å². The molecule has 210 valence electrons. The first-order valence-electron chi connectivity index (χ1n) is 14.4. The van der Waals surface area contributed by atoms with E-state index in [0.29, 0.717) is 17.5 Å². The van der Waals surface area contributed by atoms with E-state index in [0.717, 1.165) is 60.1 Å². The Morgan fingerprint density at radius 3 is 1.83 bits per heavy atom. The lowest BCUT2D eigenvalue weighted by Gasteiger charge is -2.15. The van der Waals surface area contributed by atoms with Crippen LogP contribution in [-0.2, 0) is 14.3 Å². The number of ether oxygens (including phenoxy) is 1. The van der Waals surface area contributed by atoms with Crippen molar-refractivity contribution in [3.05, 3.63) is 109 Å². The first-order valence-corrected chi connectivity index (χ1v) is 14.4. The summed E-state index contributed by atoms with van der Waals surface area (Å²) in [4.78, 5) is 52.1. The van der Waals surface area contributed by atoms with Crippen LogP contribution in [-0.4, -0.2) is 23.5 Å². The van der Waals surface area contributed by atoms with Gasteiger partial charge in [0.1, 0.15) is 12.3 Å². The van der Waals surface area contributed by atoms with Gasteiger partial charge < -0.3 is 4.74 Å². The molecular weight excluding hydrogens is 512 g/mol. The molecule has 5 heteroatoms. The van der Waals surface area contributed by atoms with E-state index in [2.05, 4.69) is 6.58 Å². The maximum atomic E-state index is 13.5. The number of benzene rings is 4. The lowest BCUT2D eigenvalue weighted by atomic mass is 9.91. The highest BCUT2D eigenvalue weighted by atomic mass is 16.6. The van der Waals surface area contributed by atoms with Gasteiger partial charge >= 0.3 is 11.9 Å². The van der Waals surface area contributed by atoms with Crippen LogP contribution in [0.4, 0.5) is 0 Å². The highest BCUT2D eigenvalue weighted by molar-refractivity contribution is 6.13. The summed E-state index contributed by atoms with van der Waals surface area (Å²) in [6.07, 6.45) is 8.47. The van der Waals surface area contributed by atoms with E-state index in [1.54, 1.807) is 24.3 Å². The molecule has 0 aliphatic carbocycles. The number of esters is 2. The van der Waals surface area contributed by atoms with Gasteiger partial charge in [-0.25, -0.2) is 0 Å². The molecule has 0 bridgehead atoms. The van der Waals surface area contributed by atoms with Crippen molar-refractivity contribution in [2.24, 2.45) is 5.92 Å². The fourth-order valence-electron chi connectivity index (χ4n) is 5.06. The quantitative estimate of drug-likeness (QED) is 0.0490. The molecule has 0 saturated heterocycles. The number of unbranched alkanes of at least 4 members (excludes halogenated alkanes) is 6. The third-order valence-corrected chi connectivity index (χ3v) is 7.38. The van der Waals surface area contributed by atoms with Crippen molar-refractivity contribution >= 4 is 45.0 Å². The molecule has 0 heterocycles. The van der Waals surface area contributed by atoms with E-state index in [4.69, 9.17) is 4.74 Å². The number of carbonyl (C=O) groups excluding carboxylic acids is 4. The monoisotopic (exact) mass is 548 g/mol. The highest BCUT2D eigenvalue weighted by Gasteiger charge is 2.31. The van der Waals surface area contributed by atoms with Crippen LogP contribution in [0.15, 0.2) is 97.6 Å². The Morgan fingerprint density at radius 2 is 1.20 bits per heavy atom. The molecule has 1 unspecified atom stereocenters. The molecule has 1 atom stereocenters. The third-order valence-electron chi connectivity index (χ3n) is 7.38. The van der Waals surface area contributed by atoms with E-state index in [-0.39, 0.29) is 12.2 Å². The number of rotatable bonds is 15. The van der Waals surface area contributed by atoms with Gasteiger partial charge in [-0.15, -0.1) is 6.58 Å². The van der Waals surface area contributed by atoms with Gasteiger partial charge in [0.05, 0.1) is 0 Å². The predicted molar refractivity (Wildman–Crippen MR) is 163 cm³/mol. The van der Waals surface area contributed by atoms with Crippen LogP contribution in [0.5, 0.6) is 0 Å². The third kappa shape index (κ3) is 8.31. The summed E-state index contributed by atoms with van der Waals surface area (Å²) in [6, 6.07) is 25.8. The molecule has 0 aromatic heterocycles. The van der Waals surface area contributed by atoms with Crippen molar-refractivity contribution in [1.29, 1.82) is 0 Å². The highest BCUT2D eigenvalue weighted by Crippen LogP contribution is 2.23. The molecule has 0 aliphatic rings. The Morgan fingerprint density at radius 1 is 0.659 bits per heavy atom. The SMILES string of the molecule is C=CCCCCCCCCC(C(=O)OC(=O)CC(=O)c1ccc2ccccc2c1)C(=O)c1ccc2ccccc2c1. The van der Waals surface area contributed by atoms with E-state index in [9.17, 15) is 19.2 Å². The molecule has 4 rings (SSSR count). The van der Waals surface area contributed by atoms with Gasteiger partial charge in [-0.1, -0.05) is 111 Å². The Bertz CT molecular complexity index is 1550. The predicted octanol–water partition coefficient (Wildman–Crippen LogP) is 8.44. The zero-order valence-corrected chi connectivity index (χ0v) is 23.3. The number of allylic oxidation sites excluding steroid dienone is 1. The molecule has 0 radical (unpaired) electrons. The Hall–Kier alpha value is -4.38. The number of hydrogen-bond acceptors (Lipinski definition) is 5. The summed E-state index contributed by atoms with van der Waals surface area (Å²) < 4.78 is 5.12.